The van der Waals surface area contributed by atoms with Gasteiger partial charge >= 0.3 is 7.82 Å². The summed E-state index contributed by atoms with van der Waals surface area (Å²) in [5.74, 6) is 0.724. The van der Waals surface area contributed by atoms with E-state index in [1.54, 1.807) is 12.1 Å². The highest BCUT2D eigenvalue weighted by Crippen LogP contribution is 2.60. The molecule has 4 rings (SSSR count). The number of benzene rings is 1. The van der Waals surface area contributed by atoms with Crippen LogP contribution in [-0.2, 0) is 4.57 Å². The number of hydrogen-bond acceptors (Lipinski definition) is 6. The molecule has 1 atom stereocenters. The van der Waals surface area contributed by atoms with Gasteiger partial charge in [0.05, 0.1) is 0 Å². The van der Waals surface area contributed by atoms with Crippen molar-refractivity contribution in [3.8, 4) is 11.5 Å². The van der Waals surface area contributed by atoms with Crippen LogP contribution in [0, 0.1) is 0 Å². The zero-order valence-corrected chi connectivity index (χ0v) is 7.47. The van der Waals surface area contributed by atoms with Crippen LogP contribution >= 0.6 is 7.82 Å². The van der Waals surface area contributed by atoms with Crippen LogP contribution in [0.1, 0.15) is 0 Å². The molecular formula is C6H2N3O4P. The van der Waals surface area contributed by atoms with Gasteiger partial charge < -0.3 is 9.05 Å². The third-order valence-electron chi connectivity index (χ3n) is 2.10. The molecule has 1 unspecified atom stereocenters. The van der Waals surface area contributed by atoms with Crippen LogP contribution in [0.25, 0.3) is 11.0 Å². The molecule has 1 aromatic carbocycles. The van der Waals surface area contributed by atoms with E-state index >= 15 is 0 Å². The molecule has 0 N–H and O–H groups in total. The fraction of sp³-hybridized carbons (Fsp3) is 0. The molecule has 0 saturated heterocycles. The average molecular weight is 211 g/mol. The summed E-state index contributed by atoms with van der Waals surface area (Å²) in [5.41, 5.74) is 1.11. The highest BCUT2D eigenvalue weighted by molar-refractivity contribution is 7.50. The van der Waals surface area contributed by atoms with E-state index in [1.165, 1.54) is 0 Å². The highest BCUT2D eigenvalue weighted by Gasteiger charge is 2.46. The Morgan fingerprint density at radius 3 is 3.21 bits per heavy atom. The van der Waals surface area contributed by atoms with Crippen molar-refractivity contribution in [1.82, 2.24) is 15.2 Å². The van der Waals surface area contributed by atoms with E-state index in [4.69, 9.17) is 13.7 Å². The van der Waals surface area contributed by atoms with Gasteiger partial charge in [0, 0.05) is 0 Å². The zero-order valence-electron chi connectivity index (χ0n) is 6.58. The lowest BCUT2D eigenvalue weighted by Crippen LogP contribution is -2.14. The summed E-state index contributed by atoms with van der Waals surface area (Å²) >= 11 is 0. The van der Waals surface area contributed by atoms with Crippen LogP contribution in [0.3, 0.4) is 0 Å². The predicted octanol–water partition coefficient (Wildman–Crippen LogP) is 0.753. The number of hydrogen-bond donors (Lipinski definition) is 0. The molecule has 5 bridgehead atoms. The molecule has 7 nitrogen and oxygen atoms in total. The fourth-order valence-corrected chi connectivity index (χ4v) is 2.72. The molecule has 0 aliphatic carbocycles. The van der Waals surface area contributed by atoms with Crippen molar-refractivity contribution < 1.29 is 18.2 Å². The van der Waals surface area contributed by atoms with Gasteiger partial charge in [-0.3, -0.25) is 4.62 Å². The molecule has 2 aliphatic rings. The Morgan fingerprint density at radius 1 is 1.36 bits per heavy atom. The van der Waals surface area contributed by atoms with Gasteiger partial charge in [-0.25, -0.2) is 0 Å². The Bertz CT molecular complexity index is 615. The maximum Gasteiger partial charge on any atom is 0.668 e. The van der Waals surface area contributed by atoms with E-state index in [-0.39, 0.29) is 0 Å². The number of aromatic nitrogens is 3. The number of phosphoric acid groups is 1. The molecule has 1 aromatic heterocycles. The summed E-state index contributed by atoms with van der Waals surface area (Å²) in [5, 5.41) is 7.49. The Hall–Kier alpha value is -1.75. The quantitative estimate of drug-likeness (QED) is 0.598. The van der Waals surface area contributed by atoms with Crippen LogP contribution < -0.4 is 13.7 Å². The van der Waals surface area contributed by atoms with Gasteiger partial charge in [-0.1, -0.05) is 4.85 Å². The minimum atomic E-state index is -3.54. The molecule has 14 heavy (non-hydrogen) atoms. The first-order valence-corrected chi connectivity index (χ1v) is 5.29. The highest BCUT2D eigenvalue weighted by atomic mass is 31.2. The van der Waals surface area contributed by atoms with E-state index in [2.05, 4.69) is 10.3 Å². The Morgan fingerprint density at radius 2 is 2.29 bits per heavy atom. The number of phosphoric ester groups is 1. The standard InChI is InChI=1S/C6H2N3O4P/c10-14-11-4-2-1-3-5(6(4)12-14)7-8-9(3)13-14/h1-2H. The molecule has 70 valence electrons. The minimum absolute atomic E-state index is 0.342. The molecule has 0 fully saturated rings. The van der Waals surface area contributed by atoms with E-state index in [0.717, 1.165) is 4.85 Å². The third kappa shape index (κ3) is 0.569. The first-order chi connectivity index (χ1) is 6.75. The Labute approximate surface area is 76.7 Å². The van der Waals surface area contributed by atoms with Crippen LogP contribution in [-0.4, -0.2) is 15.2 Å². The number of rotatable bonds is 0. The second-order valence-corrected chi connectivity index (χ2v) is 4.36. The minimum Gasteiger partial charge on any atom is -0.381 e. The monoisotopic (exact) mass is 211 g/mol. The van der Waals surface area contributed by atoms with Crippen molar-refractivity contribution in [1.29, 1.82) is 0 Å². The maximum atomic E-state index is 11.7. The maximum absolute atomic E-state index is 11.7. The normalized spacial score (nSPS) is 26.0. The smallest absolute Gasteiger partial charge is 0.381 e. The Kier molecular flexibility index (Phi) is 0.817. The molecule has 2 aromatic rings. The van der Waals surface area contributed by atoms with Crippen molar-refractivity contribution in [2.24, 2.45) is 0 Å². The molecule has 0 amide bonds. The number of fused-ring (bicyclic) bond motifs is 1. The van der Waals surface area contributed by atoms with Crippen molar-refractivity contribution in [2.75, 3.05) is 0 Å². The largest absolute Gasteiger partial charge is 0.668 e. The first kappa shape index (κ1) is 6.67. The van der Waals surface area contributed by atoms with Crippen LogP contribution in [0.2, 0.25) is 0 Å². The molecule has 8 heteroatoms. The predicted molar refractivity (Wildman–Crippen MR) is 43.0 cm³/mol. The summed E-state index contributed by atoms with van der Waals surface area (Å²) in [4.78, 5) is 1.05. The van der Waals surface area contributed by atoms with Crippen LogP contribution in [0.15, 0.2) is 12.1 Å². The molecule has 3 heterocycles. The first-order valence-electron chi connectivity index (χ1n) is 3.83. The lowest BCUT2D eigenvalue weighted by molar-refractivity contribution is 0.181. The van der Waals surface area contributed by atoms with E-state index in [9.17, 15) is 4.57 Å². The van der Waals surface area contributed by atoms with E-state index in [0.29, 0.717) is 22.5 Å². The van der Waals surface area contributed by atoms with Gasteiger partial charge in [-0.2, -0.15) is 4.57 Å². The average Bonchev–Trinajstić information content (AvgIpc) is 2.60. The molecule has 0 spiro atoms. The lowest BCUT2D eigenvalue weighted by Gasteiger charge is -2.09. The van der Waals surface area contributed by atoms with Gasteiger partial charge in [-0.05, 0) is 17.3 Å². The summed E-state index contributed by atoms with van der Waals surface area (Å²) in [6, 6.07) is 3.37. The second kappa shape index (κ2) is 1.72. The van der Waals surface area contributed by atoms with Gasteiger partial charge in [-0.15, -0.1) is 5.10 Å². The summed E-state index contributed by atoms with van der Waals surface area (Å²) in [6.07, 6.45) is 0. The molecular weight excluding hydrogens is 209 g/mol. The van der Waals surface area contributed by atoms with E-state index in [1.807, 2.05) is 0 Å². The summed E-state index contributed by atoms with van der Waals surface area (Å²) in [7, 11) is -3.54. The molecule has 2 aliphatic heterocycles. The van der Waals surface area contributed by atoms with Crippen LogP contribution in [0.5, 0.6) is 11.5 Å². The van der Waals surface area contributed by atoms with E-state index < -0.39 is 7.82 Å². The SMILES string of the molecule is O=P12Oc3ccc4c(nnn4O1)c3O2. The number of nitrogens with zero attached hydrogens (tertiary/aromatic N) is 3. The Balaban J connectivity index is 2.32. The second-order valence-electron chi connectivity index (χ2n) is 2.93. The topological polar surface area (TPSA) is 75.5 Å². The van der Waals surface area contributed by atoms with Crippen molar-refractivity contribution in [3.05, 3.63) is 12.1 Å². The summed E-state index contributed by atoms with van der Waals surface area (Å²) < 4.78 is 26.8. The van der Waals surface area contributed by atoms with Gasteiger partial charge in [0.2, 0.25) is 5.75 Å². The zero-order chi connectivity index (χ0) is 9.34. The summed E-state index contributed by atoms with van der Waals surface area (Å²) in [6.45, 7) is 0. The van der Waals surface area contributed by atoms with Gasteiger partial charge in [0.25, 0.3) is 0 Å². The van der Waals surface area contributed by atoms with Gasteiger partial charge in [0.1, 0.15) is 5.52 Å². The van der Waals surface area contributed by atoms with Crippen LogP contribution in [0.4, 0.5) is 0 Å². The fourth-order valence-electron chi connectivity index (χ4n) is 1.53. The molecule has 0 saturated carbocycles. The third-order valence-corrected chi connectivity index (χ3v) is 3.28. The molecule has 0 radical (unpaired) electrons. The van der Waals surface area contributed by atoms with Crippen molar-refractivity contribution in [2.45, 2.75) is 0 Å². The van der Waals surface area contributed by atoms with Crippen molar-refractivity contribution >= 4 is 18.9 Å². The van der Waals surface area contributed by atoms with Gasteiger partial charge in [0.15, 0.2) is 11.3 Å². The lowest BCUT2D eigenvalue weighted by atomic mass is 10.3. The van der Waals surface area contributed by atoms with Crippen molar-refractivity contribution in [3.63, 3.8) is 0 Å².